The van der Waals surface area contributed by atoms with Crippen LogP contribution in [0.3, 0.4) is 0 Å². The maximum Gasteiger partial charge on any atom is 0.250 e. The summed E-state index contributed by atoms with van der Waals surface area (Å²) in [4.78, 5) is 39.2. The zero-order valence-corrected chi connectivity index (χ0v) is 17.0. The van der Waals surface area contributed by atoms with Gasteiger partial charge in [-0.3, -0.25) is 19.3 Å². The Kier molecular flexibility index (Phi) is 5.15. The van der Waals surface area contributed by atoms with Gasteiger partial charge in [0.25, 0.3) is 5.91 Å². The molecule has 6 nitrogen and oxygen atoms in total. The van der Waals surface area contributed by atoms with Crippen LogP contribution < -0.4 is 15.5 Å². The lowest BCUT2D eigenvalue weighted by molar-refractivity contribution is -0.129. The normalized spacial score (nSPS) is 17.8. The molecule has 3 rings (SSSR count). The van der Waals surface area contributed by atoms with Crippen LogP contribution in [-0.4, -0.2) is 35.3 Å². The van der Waals surface area contributed by atoms with Gasteiger partial charge in [-0.2, -0.15) is 0 Å². The second-order valence-electron chi connectivity index (χ2n) is 8.37. The van der Waals surface area contributed by atoms with Gasteiger partial charge in [-0.25, -0.2) is 0 Å². The van der Waals surface area contributed by atoms with Gasteiger partial charge in [0.2, 0.25) is 11.8 Å². The van der Waals surface area contributed by atoms with Crippen molar-refractivity contribution >= 4 is 34.2 Å². The molecule has 3 amide bonds. The van der Waals surface area contributed by atoms with Crippen molar-refractivity contribution in [1.82, 2.24) is 10.6 Å². The molecule has 6 heteroatoms. The number of anilines is 1. The minimum atomic E-state index is -0.705. The van der Waals surface area contributed by atoms with Gasteiger partial charge >= 0.3 is 0 Å². The first-order valence-electron chi connectivity index (χ1n) is 9.51. The van der Waals surface area contributed by atoms with Crippen molar-refractivity contribution in [2.45, 2.75) is 58.7 Å². The van der Waals surface area contributed by atoms with Crippen LogP contribution in [0.4, 0.5) is 5.69 Å². The van der Waals surface area contributed by atoms with Gasteiger partial charge in [0.15, 0.2) is 0 Å². The van der Waals surface area contributed by atoms with E-state index in [1.807, 2.05) is 57.2 Å². The van der Waals surface area contributed by atoms with Crippen molar-refractivity contribution in [2.75, 3.05) is 4.90 Å². The number of carbonyl (C=O) groups excluding carboxylic acids is 3. The molecule has 2 aromatic carbocycles. The number of rotatable bonds is 3. The number of hydrogen-bond donors (Lipinski definition) is 2. The third-order valence-electron chi connectivity index (χ3n) is 4.86. The van der Waals surface area contributed by atoms with E-state index in [1.165, 1.54) is 11.8 Å². The number of nitrogens with zero attached hydrogens (tertiary/aromatic N) is 1. The van der Waals surface area contributed by atoms with E-state index in [-0.39, 0.29) is 17.7 Å². The van der Waals surface area contributed by atoms with Gasteiger partial charge in [0, 0.05) is 24.6 Å². The maximum atomic E-state index is 13.2. The van der Waals surface area contributed by atoms with Crippen molar-refractivity contribution in [3.8, 4) is 0 Å². The molecule has 0 fully saturated rings. The fourth-order valence-electron chi connectivity index (χ4n) is 3.69. The highest BCUT2D eigenvalue weighted by Crippen LogP contribution is 2.35. The third-order valence-corrected chi connectivity index (χ3v) is 4.86. The van der Waals surface area contributed by atoms with Crippen molar-refractivity contribution in [1.29, 1.82) is 0 Å². The smallest absolute Gasteiger partial charge is 0.250 e. The van der Waals surface area contributed by atoms with Crippen LogP contribution in [-0.2, 0) is 20.8 Å². The molecule has 0 aliphatic carbocycles. The zero-order chi connectivity index (χ0) is 20.6. The standard InChI is InChI=1S/C22H27N3O3/c1-13(20(27)24-22(3,4)5)25-19-11-10-15-8-6-7-9-16(15)17(19)12-18(21(25)28)23-14(2)26/h6-11,13,18H,12H2,1-5H3,(H,23,26)(H,24,27)/t13-,18?/m0/s1. The quantitative estimate of drug-likeness (QED) is 0.858. The molecular weight excluding hydrogens is 354 g/mol. The molecule has 1 aliphatic rings. The van der Waals surface area contributed by atoms with Crippen LogP contribution in [0.15, 0.2) is 36.4 Å². The van der Waals surface area contributed by atoms with E-state index >= 15 is 0 Å². The molecule has 0 aromatic heterocycles. The number of benzene rings is 2. The first kappa shape index (κ1) is 19.9. The first-order valence-corrected chi connectivity index (χ1v) is 9.51. The van der Waals surface area contributed by atoms with Crippen molar-refractivity contribution < 1.29 is 14.4 Å². The molecule has 2 aromatic rings. The number of fused-ring (bicyclic) bond motifs is 3. The van der Waals surface area contributed by atoms with Gasteiger partial charge in [0.05, 0.1) is 0 Å². The summed E-state index contributed by atoms with van der Waals surface area (Å²) in [7, 11) is 0. The molecule has 1 unspecified atom stereocenters. The van der Waals surface area contributed by atoms with Crippen LogP contribution in [0.5, 0.6) is 0 Å². The largest absolute Gasteiger partial charge is 0.350 e. The predicted octanol–water partition coefficient (Wildman–Crippen LogP) is 2.54. The summed E-state index contributed by atoms with van der Waals surface area (Å²) in [5.41, 5.74) is 1.28. The van der Waals surface area contributed by atoms with Crippen LogP contribution in [0.2, 0.25) is 0 Å². The lowest BCUT2D eigenvalue weighted by Gasteiger charge is -2.38. The van der Waals surface area contributed by atoms with Crippen LogP contribution >= 0.6 is 0 Å². The number of hydrogen-bond acceptors (Lipinski definition) is 3. The van der Waals surface area contributed by atoms with E-state index in [0.717, 1.165) is 22.0 Å². The number of nitrogens with one attached hydrogen (secondary N) is 2. The Hall–Kier alpha value is -2.89. The fraction of sp³-hybridized carbons (Fsp3) is 0.409. The van der Waals surface area contributed by atoms with Crippen LogP contribution in [0.25, 0.3) is 10.8 Å². The molecule has 0 saturated carbocycles. The first-order chi connectivity index (χ1) is 13.1. The van der Waals surface area contributed by atoms with Crippen LogP contribution in [0, 0.1) is 0 Å². The Balaban J connectivity index is 2.10. The summed E-state index contributed by atoms with van der Waals surface area (Å²) in [5.74, 6) is -0.772. The van der Waals surface area contributed by atoms with E-state index in [2.05, 4.69) is 10.6 Å². The molecule has 1 heterocycles. The zero-order valence-electron chi connectivity index (χ0n) is 17.0. The van der Waals surface area contributed by atoms with E-state index in [0.29, 0.717) is 6.42 Å². The van der Waals surface area contributed by atoms with Gasteiger partial charge in [-0.15, -0.1) is 0 Å². The molecule has 2 N–H and O–H groups in total. The summed E-state index contributed by atoms with van der Waals surface area (Å²) in [6.45, 7) is 8.81. The Morgan fingerprint density at radius 3 is 2.46 bits per heavy atom. The highest BCUT2D eigenvalue weighted by atomic mass is 16.2. The van der Waals surface area contributed by atoms with E-state index in [9.17, 15) is 14.4 Å². The van der Waals surface area contributed by atoms with Crippen LogP contribution in [0.1, 0.15) is 40.2 Å². The lowest BCUT2D eigenvalue weighted by Crippen LogP contribution is -2.59. The number of amides is 3. The highest BCUT2D eigenvalue weighted by molar-refractivity contribution is 6.09. The van der Waals surface area contributed by atoms with Crippen molar-refractivity contribution in [3.05, 3.63) is 42.0 Å². The molecule has 0 radical (unpaired) electrons. The lowest BCUT2D eigenvalue weighted by atomic mass is 9.91. The summed E-state index contributed by atoms with van der Waals surface area (Å²) in [5, 5.41) is 7.77. The Bertz CT molecular complexity index is 946. The number of carbonyl (C=O) groups is 3. The summed E-state index contributed by atoms with van der Waals surface area (Å²) in [6, 6.07) is 10.4. The highest BCUT2D eigenvalue weighted by Gasteiger charge is 2.39. The molecule has 0 spiro atoms. The average Bonchev–Trinajstić information content (AvgIpc) is 2.60. The molecule has 0 bridgehead atoms. The molecule has 1 aliphatic heterocycles. The minimum absolute atomic E-state index is 0.233. The monoisotopic (exact) mass is 381 g/mol. The second kappa shape index (κ2) is 7.26. The SMILES string of the molecule is CC(=O)NC1Cc2c(ccc3ccccc23)N([C@@H](C)C(=O)NC(C)(C)C)C1=O. The molecule has 28 heavy (non-hydrogen) atoms. The van der Waals surface area contributed by atoms with Crippen molar-refractivity contribution in [3.63, 3.8) is 0 Å². The van der Waals surface area contributed by atoms with Gasteiger partial charge in [-0.05, 0) is 50.1 Å². The molecule has 0 saturated heterocycles. The third kappa shape index (κ3) is 3.86. The van der Waals surface area contributed by atoms with E-state index in [4.69, 9.17) is 0 Å². The fourth-order valence-corrected chi connectivity index (χ4v) is 3.69. The average molecular weight is 381 g/mol. The Morgan fingerprint density at radius 1 is 1.14 bits per heavy atom. The predicted molar refractivity (Wildman–Crippen MR) is 110 cm³/mol. The minimum Gasteiger partial charge on any atom is -0.350 e. The summed E-state index contributed by atoms with van der Waals surface area (Å²) < 4.78 is 0. The molecule has 2 atom stereocenters. The van der Waals surface area contributed by atoms with Crippen molar-refractivity contribution in [2.24, 2.45) is 0 Å². The van der Waals surface area contributed by atoms with Gasteiger partial charge in [-0.1, -0.05) is 30.3 Å². The van der Waals surface area contributed by atoms with Gasteiger partial charge < -0.3 is 10.6 Å². The Labute approximate surface area is 165 Å². The Morgan fingerprint density at radius 2 is 1.82 bits per heavy atom. The summed E-state index contributed by atoms with van der Waals surface area (Å²) in [6.07, 6.45) is 0.402. The molecular formula is C22H27N3O3. The van der Waals surface area contributed by atoms with Gasteiger partial charge in [0.1, 0.15) is 12.1 Å². The second-order valence-corrected chi connectivity index (χ2v) is 8.37. The topological polar surface area (TPSA) is 78.5 Å². The summed E-state index contributed by atoms with van der Waals surface area (Å²) >= 11 is 0. The van der Waals surface area contributed by atoms with E-state index < -0.39 is 17.6 Å². The van der Waals surface area contributed by atoms with E-state index in [1.54, 1.807) is 6.92 Å². The molecule has 148 valence electrons. The maximum absolute atomic E-state index is 13.2.